The van der Waals surface area contributed by atoms with Gasteiger partial charge in [-0.25, -0.2) is 9.37 Å². The number of fused-ring (bicyclic) bond motifs is 1. The SMILES string of the molecule is Cc1ccc(-c2cc3cnc(N)nc3n(C(C)C)c2=O)cc1F. The normalized spacial score (nSPS) is 11.3. The van der Waals surface area contributed by atoms with Crippen LogP contribution in [0.3, 0.4) is 0 Å². The van der Waals surface area contributed by atoms with Gasteiger partial charge in [-0.2, -0.15) is 4.98 Å². The van der Waals surface area contributed by atoms with E-state index in [0.29, 0.717) is 27.7 Å². The van der Waals surface area contributed by atoms with E-state index in [9.17, 15) is 9.18 Å². The summed E-state index contributed by atoms with van der Waals surface area (Å²) >= 11 is 0. The molecule has 0 saturated heterocycles. The van der Waals surface area contributed by atoms with Crippen molar-refractivity contribution >= 4 is 17.0 Å². The number of rotatable bonds is 2. The van der Waals surface area contributed by atoms with Gasteiger partial charge >= 0.3 is 0 Å². The van der Waals surface area contributed by atoms with Gasteiger partial charge in [0.2, 0.25) is 5.95 Å². The van der Waals surface area contributed by atoms with Crippen molar-refractivity contribution in [2.75, 3.05) is 5.73 Å². The van der Waals surface area contributed by atoms with Gasteiger partial charge in [0.15, 0.2) is 0 Å². The van der Waals surface area contributed by atoms with E-state index in [2.05, 4.69) is 9.97 Å². The lowest BCUT2D eigenvalue weighted by molar-refractivity contribution is 0.596. The van der Waals surface area contributed by atoms with E-state index in [0.717, 1.165) is 0 Å². The number of nitrogens with zero attached hydrogens (tertiary/aromatic N) is 3. The highest BCUT2D eigenvalue weighted by Crippen LogP contribution is 2.23. The predicted octanol–water partition coefficient (Wildman–Crippen LogP) is 3.07. The molecule has 2 heterocycles. The summed E-state index contributed by atoms with van der Waals surface area (Å²) in [6.07, 6.45) is 1.57. The Hall–Kier alpha value is -2.76. The second-order valence-electron chi connectivity index (χ2n) is 5.80. The van der Waals surface area contributed by atoms with E-state index in [1.807, 2.05) is 13.8 Å². The smallest absolute Gasteiger partial charge is 0.260 e. The number of hydrogen-bond acceptors (Lipinski definition) is 4. The topological polar surface area (TPSA) is 73.8 Å². The van der Waals surface area contributed by atoms with E-state index < -0.39 is 0 Å². The number of nitrogens with two attached hydrogens (primary N) is 1. The summed E-state index contributed by atoms with van der Waals surface area (Å²) in [5, 5.41) is 0.684. The third-order valence-electron chi connectivity index (χ3n) is 3.79. The Balaban J connectivity index is 2.38. The molecule has 3 rings (SSSR count). The zero-order valence-corrected chi connectivity index (χ0v) is 13.2. The summed E-state index contributed by atoms with van der Waals surface area (Å²) in [5.74, 6) is -0.230. The summed E-state index contributed by atoms with van der Waals surface area (Å²) in [5.41, 5.74) is 7.38. The van der Waals surface area contributed by atoms with Gasteiger partial charge in [0, 0.05) is 23.2 Å². The molecule has 0 spiro atoms. The number of benzene rings is 1. The standard InChI is InChI=1S/C17H17FN4O/c1-9(2)22-15-12(8-20-17(19)21-15)6-13(16(22)23)11-5-4-10(3)14(18)7-11/h4-9H,1-3H3,(H2,19,20,21). The largest absolute Gasteiger partial charge is 0.368 e. The van der Waals surface area contributed by atoms with Gasteiger partial charge in [-0.05, 0) is 44.0 Å². The Morgan fingerprint density at radius 3 is 2.65 bits per heavy atom. The predicted molar refractivity (Wildman–Crippen MR) is 88.7 cm³/mol. The van der Waals surface area contributed by atoms with Crippen LogP contribution in [0.5, 0.6) is 0 Å². The summed E-state index contributed by atoms with van der Waals surface area (Å²) < 4.78 is 15.4. The summed E-state index contributed by atoms with van der Waals surface area (Å²) in [6.45, 7) is 5.46. The Morgan fingerprint density at radius 2 is 2.00 bits per heavy atom. The fourth-order valence-corrected chi connectivity index (χ4v) is 2.58. The molecule has 0 aliphatic rings. The Morgan fingerprint density at radius 1 is 1.26 bits per heavy atom. The minimum absolute atomic E-state index is 0.112. The molecular formula is C17H17FN4O. The molecule has 0 fully saturated rings. The first kappa shape index (κ1) is 15.1. The first-order valence-electron chi connectivity index (χ1n) is 7.32. The maximum Gasteiger partial charge on any atom is 0.260 e. The van der Waals surface area contributed by atoms with Crippen molar-refractivity contribution in [2.24, 2.45) is 0 Å². The van der Waals surface area contributed by atoms with Crippen LogP contribution in [0.2, 0.25) is 0 Å². The van der Waals surface area contributed by atoms with Gasteiger partial charge in [0.1, 0.15) is 11.5 Å². The number of aromatic nitrogens is 3. The second-order valence-corrected chi connectivity index (χ2v) is 5.80. The van der Waals surface area contributed by atoms with Crippen molar-refractivity contribution in [3.8, 4) is 11.1 Å². The van der Waals surface area contributed by atoms with Gasteiger partial charge in [0.05, 0.1) is 0 Å². The Bertz CT molecular complexity index is 963. The molecule has 0 atom stereocenters. The highest BCUT2D eigenvalue weighted by atomic mass is 19.1. The molecule has 0 bridgehead atoms. The lowest BCUT2D eigenvalue weighted by atomic mass is 10.0. The molecule has 1 aromatic carbocycles. The maximum atomic E-state index is 13.9. The van der Waals surface area contributed by atoms with Gasteiger partial charge in [-0.15, -0.1) is 0 Å². The highest BCUT2D eigenvalue weighted by Gasteiger charge is 2.15. The molecule has 0 radical (unpaired) electrons. The lowest BCUT2D eigenvalue weighted by Crippen LogP contribution is -2.25. The third-order valence-corrected chi connectivity index (χ3v) is 3.79. The molecule has 0 aliphatic heterocycles. The van der Waals surface area contributed by atoms with Crippen molar-refractivity contribution in [2.45, 2.75) is 26.8 Å². The van der Waals surface area contributed by atoms with Crippen LogP contribution in [0.4, 0.5) is 10.3 Å². The van der Waals surface area contributed by atoms with Crippen molar-refractivity contribution in [3.05, 3.63) is 52.2 Å². The number of hydrogen-bond donors (Lipinski definition) is 1. The van der Waals surface area contributed by atoms with E-state index in [1.165, 1.54) is 6.07 Å². The van der Waals surface area contributed by atoms with Crippen LogP contribution >= 0.6 is 0 Å². The van der Waals surface area contributed by atoms with Crippen LogP contribution in [-0.2, 0) is 0 Å². The van der Waals surface area contributed by atoms with Gasteiger partial charge in [0.25, 0.3) is 5.56 Å². The monoisotopic (exact) mass is 312 g/mol. The number of nitrogen functional groups attached to an aromatic ring is 1. The Labute approximate surface area is 132 Å². The maximum absolute atomic E-state index is 13.9. The molecule has 118 valence electrons. The average Bonchev–Trinajstić information content (AvgIpc) is 2.49. The molecule has 2 N–H and O–H groups in total. The van der Waals surface area contributed by atoms with E-state index in [1.54, 1.807) is 35.9 Å². The van der Waals surface area contributed by atoms with Crippen LogP contribution < -0.4 is 11.3 Å². The van der Waals surface area contributed by atoms with Crippen LogP contribution in [0.1, 0.15) is 25.5 Å². The fraction of sp³-hybridized carbons (Fsp3) is 0.235. The highest BCUT2D eigenvalue weighted by molar-refractivity contribution is 5.81. The van der Waals surface area contributed by atoms with E-state index in [4.69, 9.17) is 5.73 Å². The second kappa shape index (κ2) is 5.46. The number of pyridine rings is 1. The number of aryl methyl sites for hydroxylation is 1. The van der Waals surface area contributed by atoms with Gasteiger partial charge in [-0.3, -0.25) is 9.36 Å². The quantitative estimate of drug-likeness (QED) is 0.789. The van der Waals surface area contributed by atoms with Crippen LogP contribution in [-0.4, -0.2) is 14.5 Å². The zero-order chi connectivity index (χ0) is 16.7. The number of halogens is 1. The lowest BCUT2D eigenvalue weighted by Gasteiger charge is -2.15. The van der Waals surface area contributed by atoms with Gasteiger partial charge in [-0.1, -0.05) is 12.1 Å². The van der Waals surface area contributed by atoms with Crippen LogP contribution in [0.25, 0.3) is 22.2 Å². The molecule has 3 aromatic rings. The molecule has 0 amide bonds. The summed E-state index contributed by atoms with van der Waals surface area (Å²) in [6, 6.07) is 6.34. The molecule has 0 unspecified atom stereocenters. The van der Waals surface area contributed by atoms with Crippen molar-refractivity contribution in [1.29, 1.82) is 0 Å². The summed E-state index contributed by atoms with van der Waals surface area (Å²) in [7, 11) is 0. The van der Waals surface area contributed by atoms with Crippen LogP contribution in [0, 0.1) is 12.7 Å². The van der Waals surface area contributed by atoms with E-state index >= 15 is 0 Å². The van der Waals surface area contributed by atoms with Crippen molar-refractivity contribution in [1.82, 2.24) is 14.5 Å². The average molecular weight is 312 g/mol. The van der Waals surface area contributed by atoms with E-state index in [-0.39, 0.29) is 23.4 Å². The molecule has 23 heavy (non-hydrogen) atoms. The minimum Gasteiger partial charge on any atom is -0.368 e. The molecular weight excluding hydrogens is 295 g/mol. The first-order valence-corrected chi connectivity index (χ1v) is 7.32. The summed E-state index contributed by atoms with van der Waals surface area (Å²) in [4.78, 5) is 21.0. The number of anilines is 1. The molecule has 0 aliphatic carbocycles. The Kier molecular flexibility index (Phi) is 3.60. The molecule has 2 aromatic heterocycles. The van der Waals surface area contributed by atoms with Crippen molar-refractivity contribution in [3.63, 3.8) is 0 Å². The van der Waals surface area contributed by atoms with Crippen LogP contribution in [0.15, 0.2) is 35.3 Å². The fourth-order valence-electron chi connectivity index (χ4n) is 2.58. The minimum atomic E-state index is -0.341. The van der Waals surface area contributed by atoms with Crippen molar-refractivity contribution < 1.29 is 4.39 Å². The third kappa shape index (κ3) is 2.56. The zero-order valence-electron chi connectivity index (χ0n) is 13.2. The molecule has 5 nitrogen and oxygen atoms in total. The van der Waals surface area contributed by atoms with Gasteiger partial charge < -0.3 is 5.73 Å². The molecule has 6 heteroatoms. The molecule has 0 saturated carbocycles. The first-order chi connectivity index (χ1) is 10.9.